The summed E-state index contributed by atoms with van der Waals surface area (Å²) in [6, 6.07) is 0. The van der Waals surface area contributed by atoms with Crippen molar-refractivity contribution in [3.8, 4) is 0 Å². The Balaban J connectivity index is 4.33. The van der Waals surface area contributed by atoms with Crippen LogP contribution >= 0.6 is 0 Å². The standard InChI is InChI=1S/C69H120O6/c1-4-7-10-13-16-19-22-25-27-29-31-32-33-34-35-36-38-39-41-44-47-50-53-56-59-62-68(71)74-65-66(64-73-67(70)61-58-55-52-49-46-43-24-21-18-15-12-9-6-3)75-69(72)63-60-57-54-51-48-45-42-40-37-30-28-26-23-20-17-14-11-8-5-2/h7,10,16,19,21,24-28,31-32,34-35,66H,4-6,8-9,11-15,17-18,20,22-23,29-30,33,36-65H2,1-3H3/b10-7-,19-16-,24-21-,27-25-,28-26-,32-31-,35-34-. The summed E-state index contributed by atoms with van der Waals surface area (Å²) in [6.07, 6.45) is 83.0. The summed E-state index contributed by atoms with van der Waals surface area (Å²) in [5.41, 5.74) is 0. The molecule has 0 heterocycles. The molecule has 0 fully saturated rings. The van der Waals surface area contributed by atoms with Gasteiger partial charge < -0.3 is 14.2 Å². The van der Waals surface area contributed by atoms with E-state index >= 15 is 0 Å². The van der Waals surface area contributed by atoms with Crippen molar-refractivity contribution >= 4 is 17.9 Å². The highest BCUT2D eigenvalue weighted by atomic mass is 16.6. The van der Waals surface area contributed by atoms with Gasteiger partial charge in [0.2, 0.25) is 0 Å². The first-order valence-corrected chi connectivity index (χ1v) is 32.1. The highest BCUT2D eigenvalue weighted by Crippen LogP contribution is 2.16. The molecule has 0 bridgehead atoms. The summed E-state index contributed by atoms with van der Waals surface area (Å²) in [4.78, 5) is 38.3. The van der Waals surface area contributed by atoms with Gasteiger partial charge in [-0.2, -0.15) is 0 Å². The van der Waals surface area contributed by atoms with Crippen LogP contribution in [0.4, 0.5) is 0 Å². The molecule has 0 rings (SSSR count). The number of esters is 3. The van der Waals surface area contributed by atoms with E-state index in [1.54, 1.807) is 0 Å². The third-order valence-corrected chi connectivity index (χ3v) is 13.9. The molecule has 0 aliphatic carbocycles. The van der Waals surface area contributed by atoms with E-state index in [0.29, 0.717) is 19.3 Å². The van der Waals surface area contributed by atoms with Gasteiger partial charge in [-0.15, -0.1) is 0 Å². The van der Waals surface area contributed by atoms with E-state index in [1.807, 2.05) is 0 Å². The Kier molecular flexibility index (Phi) is 60.3. The van der Waals surface area contributed by atoms with Crippen LogP contribution in [0, 0.1) is 0 Å². The van der Waals surface area contributed by atoms with E-state index < -0.39 is 6.10 Å². The quantitative estimate of drug-likeness (QED) is 0.0261. The molecule has 1 atom stereocenters. The summed E-state index contributed by atoms with van der Waals surface area (Å²) in [5, 5.41) is 0. The lowest BCUT2D eigenvalue weighted by molar-refractivity contribution is -0.167. The molecule has 0 saturated heterocycles. The summed E-state index contributed by atoms with van der Waals surface area (Å²) in [7, 11) is 0. The Labute approximate surface area is 465 Å². The molecular weight excluding hydrogens is 925 g/mol. The molecule has 0 radical (unpaired) electrons. The average molecular weight is 1050 g/mol. The fourth-order valence-corrected chi connectivity index (χ4v) is 9.05. The molecule has 0 N–H and O–H groups in total. The molecule has 432 valence electrons. The van der Waals surface area contributed by atoms with Gasteiger partial charge in [-0.1, -0.05) is 266 Å². The van der Waals surface area contributed by atoms with Crippen LogP contribution in [-0.2, 0) is 28.6 Å². The first-order chi connectivity index (χ1) is 37.0. The second kappa shape index (κ2) is 63.1. The lowest BCUT2D eigenvalue weighted by Gasteiger charge is -2.18. The zero-order chi connectivity index (χ0) is 54.3. The second-order valence-electron chi connectivity index (χ2n) is 21.3. The maximum absolute atomic E-state index is 12.9. The van der Waals surface area contributed by atoms with Crippen molar-refractivity contribution in [2.45, 2.75) is 322 Å². The number of hydrogen-bond acceptors (Lipinski definition) is 6. The molecule has 0 saturated carbocycles. The maximum atomic E-state index is 12.9. The van der Waals surface area contributed by atoms with Gasteiger partial charge in [0.25, 0.3) is 0 Å². The number of allylic oxidation sites excluding steroid dienone is 14. The Hall–Kier alpha value is -3.41. The van der Waals surface area contributed by atoms with Gasteiger partial charge in [0, 0.05) is 19.3 Å². The van der Waals surface area contributed by atoms with Crippen molar-refractivity contribution in [3.05, 3.63) is 85.1 Å². The van der Waals surface area contributed by atoms with Crippen LogP contribution in [0.5, 0.6) is 0 Å². The minimum atomic E-state index is -0.784. The van der Waals surface area contributed by atoms with Crippen LogP contribution in [-0.4, -0.2) is 37.2 Å². The molecule has 0 aromatic heterocycles. The van der Waals surface area contributed by atoms with Crippen LogP contribution < -0.4 is 0 Å². The molecule has 6 heteroatoms. The van der Waals surface area contributed by atoms with Crippen molar-refractivity contribution in [2.75, 3.05) is 13.2 Å². The van der Waals surface area contributed by atoms with Gasteiger partial charge in [0.05, 0.1) is 0 Å². The summed E-state index contributed by atoms with van der Waals surface area (Å²) in [6.45, 7) is 6.52. The van der Waals surface area contributed by atoms with Crippen LogP contribution in [0.2, 0.25) is 0 Å². The second-order valence-corrected chi connectivity index (χ2v) is 21.3. The fraction of sp³-hybridized carbons (Fsp3) is 0.754. The predicted octanol–water partition coefficient (Wildman–Crippen LogP) is 21.9. The zero-order valence-corrected chi connectivity index (χ0v) is 49.6. The smallest absolute Gasteiger partial charge is 0.306 e. The van der Waals surface area contributed by atoms with Crippen molar-refractivity contribution in [1.29, 1.82) is 0 Å². The Morgan fingerprint density at radius 1 is 0.280 bits per heavy atom. The minimum Gasteiger partial charge on any atom is -0.462 e. The molecule has 0 aromatic rings. The number of ether oxygens (including phenoxy) is 3. The number of carbonyl (C=O) groups excluding carboxylic acids is 3. The van der Waals surface area contributed by atoms with Gasteiger partial charge >= 0.3 is 17.9 Å². The average Bonchev–Trinajstić information content (AvgIpc) is 3.41. The molecule has 0 spiro atoms. The number of rotatable bonds is 58. The van der Waals surface area contributed by atoms with Gasteiger partial charge in [0.1, 0.15) is 13.2 Å². The summed E-state index contributed by atoms with van der Waals surface area (Å²) in [5.74, 6) is -0.886. The Morgan fingerprint density at radius 2 is 0.520 bits per heavy atom. The van der Waals surface area contributed by atoms with Crippen LogP contribution in [0.15, 0.2) is 85.1 Å². The van der Waals surface area contributed by atoms with E-state index in [9.17, 15) is 14.4 Å². The SMILES string of the molecule is CC/C=C\C/C=C\C/C=C\C/C=C\C/C=C\CCCCCCCCCCCC(=O)OCC(COC(=O)CCCCCCC/C=C\CCCCCC)OC(=O)CCCCCCCCCCC/C=C\CCCCCCCC. The molecule has 75 heavy (non-hydrogen) atoms. The van der Waals surface area contributed by atoms with Crippen molar-refractivity contribution in [1.82, 2.24) is 0 Å². The van der Waals surface area contributed by atoms with Gasteiger partial charge in [-0.05, 0) is 116 Å². The number of unbranched alkanes of at least 4 members (excludes halogenated alkanes) is 33. The van der Waals surface area contributed by atoms with Gasteiger partial charge in [-0.3, -0.25) is 14.4 Å². The molecule has 0 amide bonds. The fourth-order valence-electron chi connectivity index (χ4n) is 9.05. The highest BCUT2D eigenvalue weighted by molar-refractivity contribution is 5.71. The molecule has 0 aliphatic rings. The normalized spacial score (nSPS) is 12.6. The lowest BCUT2D eigenvalue weighted by atomic mass is 10.1. The zero-order valence-electron chi connectivity index (χ0n) is 49.6. The highest BCUT2D eigenvalue weighted by Gasteiger charge is 2.19. The van der Waals surface area contributed by atoms with E-state index in [-0.39, 0.29) is 31.1 Å². The molecular formula is C69H120O6. The van der Waals surface area contributed by atoms with Crippen LogP contribution in [0.25, 0.3) is 0 Å². The first kappa shape index (κ1) is 71.6. The predicted molar refractivity (Wildman–Crippen MR) is 325 cm³/mol. The van der Waals surface area contributed by atoms with E-state index in [4.69, 9.17) is 14.2 Å². The molecule has 0 aliphatic heterocycles. The van der Waals surface area contributed by atoms with Crippen LogP contribution in [0.1, 0.15) is 316 Å². The Bertz CT molecular complexity index is 1430. The number of carbonyl (C=O) groups is 3. The summed E-state index contributed by atoms with van der Waals surface area (Å²) >= 11 is 0. The first-order valence-electron chi connectivity index (χ1n) is 32.1. The van der Waals surface area contributed by atoms with Crippen LogP contribution in [0.3, 0.4) is 0 Å². The van der Waals surface area contributed by atoms with E-state index in [2.05, 4.69) is 106 Å². The molecule has 0 aromatic carbocycles. The summed E-state index contributed by atoms with van der Waals surface area (Å²) < 4.78 is 16.9. The minimum absolute atomic E-state index is 0.0817. The number of hydrogen-bond donors (Lipinski definition) is 0. The largest absolute Gasteiger partial charge is 0.462 e. The lowest BCUT2D eigenvalue weighted by Crippen LogP contribution is -2.30. The third-order valence-electron chi connectivity index (χ3n) is 13.9. The monoisotopic (exact) mass is 1040 g/mol. The van der Waals surface area contributed by atoms with Crippen molar-refractivity contribution < 1.29 is 28.6 Å². The van der Waals surface area contributed by atoms with E-state index in [1.165, 1.54) is 173 Å². The maximum Gasteiger partial charge on any atom is 0.306 e. The Morgan fingerprint density at radius 3 is 0.840 bits per heavy atom. The van der Waals surface area contributed by atoms with Gasteiger partial charge in [-0.25, -0.2) is 0 Å². The molecule has 6 nitrogen and oxygen atoms in total. The van der Waals surface area contributed by atoms with Gasteiger partial charge in [0.15, 0.2) is 6.10 Å². The van der Waals surface area contributed by atoms with Crippen molar-refractivity contribution in [2.24, 2.45) is 0 Å². The van der Waals surface area contributed by atoms with Crippen molar-refractivity contribution in [3.63, 3.8) is 0 Å². The topological polar surface area (TPSA) is 78.9 Å². The van der Waals surface area contributed by atoms with E-state index in [0.717, 1.165) is 103 Å². The molecule has 1 unspecified atom stereocenters. The third kappa shape index (κ3) is 61.3.